The van der Waals surface area contributed by atoms with Gasteiger partial charge in [-0.15, -0.1) is 0 Å². The van der Waals surface area contributed by atoms with Gasteiger partial charge < -0.3 is 9.80 Å². The second-order valence-electron chi connectivity index (χ2n) is 11.8. The maximum Gasteiger partial charge on any atom is 0.246 e. The summed E-state index contributed by atoms with van der Waals surface area (Å²) in [7, 11) is -1.89. The average molecular weight is 555 g/mol. The summed E-state index contributed by atoms with van der Waals surface area (Å²) >= 11 is 0. The first-order valence-electron chi connectivity index (χ1n) is 14.7. The number of fused-ring (bicyclic) bond motifs is 4. The molecule has 2 aliphatic rings. The Balaban J connectivity index is 1.42. The minimum absolute atomic E-state index is 0.207. The minimum atomic E-state index is -1.89. The number of benzene rings is 6. The molecule has 0 amide bonds. The van der Waals surface area contributed by atoms with Crippen molar-refractivity contribution < 1.29 is 0 Å². The lowest BCUT2D eigenvalue weighted by Crippen LogP contribution is -2.78. The largest absolute Gasteiger partial charge is 0.311 e. The van der Waals surface area contributed by atoms with Crippen LogP contribution in [-0.2, 0) is 0 Å². The van der Waals surface area contributed by atoms with Crippen molar-refractivity contribution in [1.82, 2.24) is 0 Å². The zero-order valence-corrected chi connectivity index (χ0v) is 24.9. The van der Waals surface area contributed by atoms with Crippen LogP contribution in [0.2, 0.25) is 13.1 Å². The Bertz CT molecular complexity index is 1880. The standard InChI is InChI=1S/C38H31BN2Si/c1-42(2)36-23-13-12-21-33(36)39-32-26-25-31(40(28-15-6-3-7-16-28)29-17-8-4-9-18-29)27-35(32)41(30-19-10-5-11-20-30)34-22-14-24-37(42)38(34)39/h3-27H,1-2H3. The van der Waals surface area contributed by atoms with E-state index in [-0.39, 0.29) is 6.71 Å². The van der Waals surface area contributed by atoms with E-state index in [1.807, 2.05) is 0 Å². The van der Waals surface area contributed by atoms with E-state index in [9.17, 15) is 0 Å². The molecular formula is C38H31BN2Si. The van der Waals surface area contributed by atoms with Crippen molar-refractivity contribution in [3.8, 4) is 0 Å². The van der Waals surface area contributed by atoms with Crippen LogP contribution in [0.15, 0.2) is 152 Å². The summed E-state index contributed by atoms with van der Waals surface area (Å²) < 4.78 is 0. The summed E-state index contributed by atoms with van der Waals surface area (Å²) in [6.07, 6.45) is 0. The summed E-state index contributed by atoms with van der Waals surface area (Å²) in [5.41, 5.74) is 11.5. The highest BCUT2D eigenvalue weighted by atomic mass is 28.3. The molecule has 2 nitrogen and oxygen atoms in total. The average Bonchev–Trinajstić information content (AvgIpc) is 3.04. The fraction of sp³-hybridized carbons (Fsp3) is 0.0526. The van der Waals surface area contributed by atoms with Crippen LogP contribution in [0.25, 0.3) is 0 Å². The second kappa shape index (κ2) is 9.64. The highest BCUT2D eigenvalue weighted by molar-refractivity contribution is 7.15. The monoisotopic (exact) mass is 554 g/mol. The Hall–Kier alpha value is -4.80. The van der Waals surface area contributed by atoms with E-state index < -0.39 is 8.07 Å². The van der Waals surface area contributed by atoms with Gasteiger partial charge >= 0.3 is 0 Å². The third kappa shape index (κ3) is 3.72. The fourth-order valence-electron chi connectivity index (χ4n) is 7.23. The van der Waals surface area contributed by atoms with Gasteiger partial charge in [-0.2, -0.15) is 0 Å². The molecule has 0 radical (unpaired) electrons. The smallest absolute Gasteiger partial charge is 0.246 e. The minimum Gasteiger partial charge on any atom is -0.311 e. The van der Waals surface area contributed by atoms with Crippen LogP contribution < -0.4 is 36.6 Å². The lowest BCUT2D eigenvalue weighted by molar-refractivity contribution is 1.25. The Labute approximate surface area is 249 Å². The fourth-order valence-corrected chi connectivity index (χ4v) is 10.4. The van der Waals surface area contributed by atoms with E-state index in [1.54, 1.807) is 10.4 Å². The molecule has 8 rings (SSSR count). The van der Waals surface area contributed by atoms with E-state index in [1.165, 1.54) is 33.5 Å². The maximum atomic E-state index is 2.51. The van der Waals surface area contributed by atoms with Crippen molar-refractivity contribution in [2.75, 3.05) is 9.80 Å². The third-order valence-electron chi connectivity index (χ3n) is 9.10. The number of hydrogen-bond donors (Lipinski definition) is 0. The molecule has 0 atom stereocenters. The number of para-hydroxylation sites is 3. The summed E-state index contributed by atoms with van der Waals surface area (Å²) in [6, 6.07) is 55.6. The van der Waals surface area contributed by atoms with Gasteiger partial charge in [-0.1, -0.05) is 126 Å². The Morgan fingerprint density at radius 3 is 1.79 bits per heavy atom. The zero-order chi connectivity index (χ0) is 28.3. The molecule has 0 aliphatic carbocycles. The van der Waals surface area contributed by atoms with Gasteiger partial charge in [-0.05, 0) is 65.5 Å². The Kier molecular flexibility index (Phi) is 5.73. The molecule has 0 saturated carbocycles. The summed E-state index contributed by atoms with van der Waals surface area (Å²) in [5.74, 6) is 0. The molecule has 0 spiro atoms. The van der Waals surface area contributed by atoms with Crippen LogP contribution in [0.4, 0.5) is 34.1 Å². The molecule has 0 N–H and O–H groups in total. The van der Waals surface area contributed by atoms with Crippen LogP contribution in [0.5, 0.6) is 0 Å². The van der Waals surface area contributed by atoms with Crippen LogP contribution >= 0.6 is 0 Å². The van der Waals surface area contributed by atoms with Gasteiger partial charge in [0.2, 0.25) is 6.71 Å². The lowest BCUT2D eigenvalue weighted by Gasteiger charge is -2.45. The molecule has 0 bridgehead atoms. The molecule has 0 aromatic heterocycles. The highest BCUT2D eigenvalue weighted by Crippen LogP contribution is 2.41. The highest BCUT2D eigenvalue weighted by Gasteiger charge is 2.46. The molecule has 0 saturated heterocycles. The maximum absolute atomic E-state index is 2.51. The molecule has 0 unspecified atom stereocenters. The predicted molar refractivity (Wildman–Crippen MR) is 184 cm³/mol. The predicted octanol–water partition coefficient (Wildman–Crippen LogP) is 6.59. The first kappa shape index (κ1) is 25.0. The number of nitrogens with zero attached hydrogens (tertiary/aromatic N) is 2. The molecule has 42 heavy (non-hydrogen) atoms. The van der Waals surface area contributed by atoms with E-state index >= 15 is 0 Å². The van der Waals surface area contributed by atoms with Crippen LogP contribution in [0, 0.1) is 0 Å². The van der Waals surface area contributed by atoms with Gasteiger partial charge in [0.25, 0.3) is 0 Å². The normalized spacial score (nSPS) is 14.0. The third-order valence-corrected chi connectivity index (χ3v) is 12.7. The number of rotatable bonds is 4. The van der Waals surface area contributed by atoms with E-state index in [4.69, 9.17) is 0 Å². The van der Waals surface area contributed by atoms with E-state index in [0.717, 1.165) is 17.1 Å². The summed E-state index contributed by atoms with van der Waals surface area (Å²) in [4.78, 5) is 4.86. The zero-order valence-electron chi connectivity index (χ0n) is 23.9. The van der Waals surface area contributed by atoms with Gasteiger partial charge in [-0.3, -0.25) is 0 Å². The number of anilines is 6. The van der Waals surface area contributed by atoms with Gasteiger partial charge in [0.15, 0.2) is 0 Å². The van der Waals surface area contributed by atoms with Crippen LogP contribution in [0.1, 0.15) is 0 Å². The van der Waals surface area contributed by atoms with Gasteiger partial charge in [0.1, 0.15) is 8.07 Å². The van der Waals surface area contributed by atoms with Gasteiger partial charge in [0.05, 0.1) is 0 Å². The molecule has 6 aromatic rings. The Morgan fingerprint density at radius 1 is 0.500 bits per heavy atom. The quantitative estimate of drug-likeness (QED) is 0.227. The van der Waals surface area contributed by atoms with Crippen molar-refractivity contribution in [3.05, 3.63) is 152 Å². The van der Waals surface area contributed by atoms with Crippen molar-refractivity contribution in [2.24, 2.45) is 0 Å². The topological polar surface area (TPSA) is 6.48 Å². The molecule has 4 heteroatoms. The second-order valence-corrected chi connectivity index (χ2v) is 16.1. The molecule has 200 valence electrons. The first-order valence-corrected chi connectivity index (χ1v) is 17.7. The summed E-state index contributed by atoms with van der Waals surface area (Å²) in [5, 5.41) is 3.10. The SMILES string of the molecule is C[Si]1(C)c2ccccc2B2c3ccc(N(c4ccccc4)c4ccccc4)cc3N(c3ccccc3)c3cccc1c32. The first-order chi connectivity index (χ1) is 20.6. The molecule has 2 heterocycles. The van der Waals surface area contributed by atoms with Crippen molar-refractivity contribution in [2.45, 2.75) is 13.1 Å². The lowest BCUT2D eigenvalue weighted by atomic mass is 9.35. The van der Waals surface area contributed by atoms with Crippen LogP contribution in [-0.4, -0.2) is 14.8 Å². The van der Waals surface area contributed by atoms with Crippen molar-refractivity contribution in [1.29, 1.82) is 0 Å². The van der Waals surface area contributed by atoms with E-state index in [0.29, 0.717) is 0 Å². The van der Waals surface area contributed by atoms with Gasteiger partial charge in [0, 0.05) is 34.1 Å². The van der Waals surface area contributed by atoms with Crippen molar-refractivity contribution >= 4 is 75.7 Å². The molecular weight excluding hydrogens is 523 g/mol. The van der Waals surface area contributed by atoms with Crippen LogP contribution in [0.3, 0.4) is 0 Å². The molecule has 0 fully saturated rings. The van der Waals surface area contributed by atoms with Crippen molar-refractivity contribution in [3.63, 3.8) is 0 Å². The number of hydrogen-bond acceptors (Lipinski definition) is 2. The van der Waals surface area contributed by atoms with Gasteiger partial charge in [-0.25, -0.2) is 0 Å². The molecule has 2 aliphatic heterocycles. The molecule has 6 aromatic carbocycles. The Morgan fingerprint density at radius 2 is 1.10 bits per heavy atom. The van der Waals surface area contributed by atoms with E-state index in [2.05, 4.69) is 175 Å². The summed E-state index contributed by atoms with van der Waals surface area (Å²) in [6.45, 7) is 5.24.